The summed E-state index contributed by atoms with van der Waals surface area (Å²) >= 11 is 6.35. The first kappa shape index (κ1) is 12.5. The van der Waals surface area contributed by atoms with Crippen LogP contribution >= 0.6 is 11.6 Å². The van der Waals surface area contributed by atoms with Gasteiger partial charge in [-0.05, 0) is 37.3 Å². The molecule has 0 saturated heterocycles. The third-order valence-electron chi connectivity index (χ3n) is 3.72. The van der Waals surface area contributed by atoms with Gasteiger partial charge in [0.15, 0.2) is 0 Å². The number of hydrogen-bond donors (Lipinski definition) is 1. The Morgan fingerprint density at radius 3 is 2.95 bits per heavy atom. The monoisotopic (exact) mass is 275 g/mol. The van der Waals surface area contributed by atoms with Crippen molar-refractivity contribution in [1.29, 1.82) is 0 Å². The van der Waals surface area contributed by atoms with Gasteiger partial charge in [-0.1, -0.05) is 24.6 Å². The highest BCUT2D eigenvalue weighted by molar-refractivity contribution is 6.33. The topological polar surface area (TPSA) is 29.9 Å². The molecule has 1 unspecified atom stereocenters. The lowest BCUT2D eigenvalue weighted by molar-refractivity contribution is 0.616. The zero-order valence-electron chi connectivity index (χ0n) is 11.0. The molecule has 0 spiro atoms. The number of rotatable bonds is 5. The number of benzene rings is 1. The van der Waals surface area contributed by atoms with Gasteiger partial charge in [0, 0.05) is 18.4 Å². The summed E-state index contributed by atoms with van der Waals surface area (Å²) in [5.74, 6) is 0.819. The molecule has 0 amide bonds. The fourth-order valence-electron chi connectivity index (χ4n) is 2.54. The quantitative estimate of drug-likeness (QED) is 0.889. The molecule has 4 heteroatoms. The molecular weight excluding hydrogens is 258 g/mol. The normalized spacial score (nSPS) is 16.3. The molecule has 19 heavy (non-hydrogen) atoms. The first-order chi connectivity index (χ1) is 9.29. The molecule has 1 aliphatic carbocycles. The second-order valence-corrected chi connectivity index (χ2v) is 5.51. The summed E-state index contributed by atoms with van der Waals surface area (Å²) in [7, 11) is 0. The van der Waals surface area contributed by atoms with E-state index in [2.05, 4.69) is 23.3 Å². The van der Waals surface area contributed by atoms with Gasteiger partial charge in [0.05, 0.1) is 22.7 Å². The minimum absolute atomic E-state index is 0.542. The molecule has 1 atom stereocenters. The number of halogens is 1. The Morgan fingerprint density at radius 1 is 1.47 bits per heavy atom. The average Bonchev–Trinajstić information content (AvgIpc) is 3.12. The zero-order valence-corrected chi connectivity index (χ0v) is 11.8. The number of imidazole rings is 1. The van der Waals surface area contributed by atoms with E-state index in [0.29, 0.717) is 6.04 Å². The summed E-state index contributed by atoms with van der Waals surface area (Å²) in [5, 5.41) is 4.40. The van der Waals surface area contributed by atoms with Crippen LogP contribution in [0.15, 0.2) is 36.9 Å². The Hall–Kier alpha value is -1.48. The van der Waals surface area contributed by atoms with Crippen molar-refractivity contribution in [3.63, 3.8) is 0 Å². The highest BCUT2D eigenvalue weighted by Gasteiger charge is 2.30. The van der Waals surface area contributed by atoms with E-state index in [4.69, 9.17) is 11.6 Å². The predicted octanol–water partition coefficient (Wildman–Crippen LogP) is 4.13. The van der Waals surface area contributed by atoms with Crippen LogP contribution in [0.2, 0.25) is 5.02 Å². The van der Waals surface area contributed by atoms with E-state index in [1.165, 1.54) is 12.8 Å². The van der Waals surface area contributed by atoms with Crippen molar-refractivity contribution in [2.75, 3.05) is 5.32 Å². The molecule has 0 radical (unpaired) electrons. The van der Waals surface area contributed by atoms with Crippen molar-refractivity contribution >= 4 is 17.3 Å². The number of nitrogens with zero attached hydrogens (tertiary/aromatic N) is 2. The van der Waals surface area contributed by atoms with Gasteiger partial charge in [-0.25, -0.2) is 4.98 Å². The van der Waals surface area contributed by atoms with Crippen LogP contribution in [0.4, 0.5) is 5.69 Å². The molecule has 1 saturated carbocycles. The van der Waals surface area contributed by atoms with E-state index in [9.17, 15) is 0 Å². The maximum Gasteiger partial charge on any atom is 0.0992 e. The molecule has 1 fully saturated rings. The van der Waals surface area contributed by atoms with Crippen molar-refractivity contribution in [2.45, 2.75) is 32.2 Å². The fourth-order valence-corrected chi connectivity index (χ4v) is 2.81. The van der Waals surface area contributed by atoms with Crippen LogP contribution in [-0.4, -0.2) is 15.6 Å². The number of para-hydroxylation sites is 1. The minimum atomic E-state index is 0.542. The SMILES string of the molecule is CCC(Nc1cccc(Cl)c1-n1ccnc1)C1CC1. The van der Waals surface area contributed by atoms with Crippen LogP contribution in [0.5, 0.6) is 0 Å². The predicted molar refractivity (Wildman–Crippen MR) is 79.0 cm³/mol. The first-order valence-corrected chi connectivity index (χ1v) is 7.20. The smallest absolute Gasteiger partial charge is 0.0992 e. The number of nitrogens with one attached hydrogen (secondary N) is 1. The Kier molecular flexibility index (Phi) is 3.47. The first-order valence-electron chi connectivity index (χ1n) is 6.83. The molecule has 100 valence electrons. The Morgan fingerprint density at radius 2 is 2.32 bits per heavy atom. The van der Waals surface area contributed by atoms with Gasteiger partial charge in [-0.3, -0.25) is 0 Å². The molecule has 2 aromatic rings. The van der Waals surface area contributed by atoms with Gasteiger partial charge in [0.1, 0.15) is 0 Å². The number of hydrogen-bond acceptors (Lipinski definition) is 2. The molecule has 3 rings (SSSR count). The lowest BCUT2D eigenvalue weighted by Crippen LogP contribution is -2.21. The van der Waals surface area contributed by atoms with E-state index in [-0.39, 0.29) is 0 Å². The van der Waals surface area contributed by atoms with Gasteiger partial charge < -0.3 is 9.88 Å². The van der Waals surface area contributed by atoms with Crippen molar-refractivity contribution < 1.29 is 0 Å². The van der Waals surface area contributed by atoms with E-state index in [1.54, 1.807) is 12.5 Å². The van der Waals surface area contributed by atoms with Crippen LogP contribution in [0.1, 0.15) is 26.2 Å². The minimum Gasteiger partial charge on any atom is -0.380 e. The summed E-state index contributed by atoms with van der Waals surface area (Å²) in [6, 6.07) is 6.54. The van der Waals surface area contributed by atoms with Crippen molar-refractivity contribution in [3.8, 4) is 5.69 Å². The molecular formula is C15H18ClN3. The number of anilines is 1. The Labute approximate surface area is 118 Å². The largest absolute Gasteiger partial charge is 0.380 e. The summed E-state index contributed by atoms with van der Waals surface area (Å²) in [4.78, 5) is 4.10. The molecule has 0 bridgehead atoms. The van der Waals surface area contributed by atoms with Crippen molar-refractivity contribution in [1.82, 2.24) is 9.55 Å². The summed E-state index contributed by atoms with van der Waals surface area (Å²) in [6.07, 6.45) is 9.29. The van der Waals surface area contributed by atoms with Crippen LogP contribution in [0.25, 0.3) is 5.69 Å². The van der Waals surface area contributed by atoms with Gasteiger partial charge in [0.25, 0.3) is 0 Å². The van der Waals surface area contributed by atoms with Crippen LogP contribution in [0, 0.1) is 5.92 Å². The van der Waals surface area contributed by atoms with Gasteiger partial charge >= 0.3 is 0 Å². The van der Waals surface area contributed by atoms with Crippen LogP contribution in [0.3, 0.4) is 0 Å². The molecule has 1 heterocycles. The lowest BCUT2D eigenvalue weighted by Gasteiger charge is -2.21. The Balaban J connectivity index is 1.94. The van der Waals surface area contributed by atoms with Gasteiger partial charge in [-0.15, -0.1) is 0 Å². The molecule has 1 aromatic carbocycles. The van der Waals surface area contributed by atoms with Gasteiger partial charge in [0.2, 0.25) is 0 Å². The third kappa shape index (κ3) is 2.61. The molecule has 1 N–H and O–H groups in total. The number of aromatic nitrogens is 2. The maximum atomic E-state index is 6.35. The molecule has 1 aliphatic rings. The molecule has 3 nitrogen and oxygen atoms in total. The van der Waals surface area contributed by atoms with Crippen molar-refractivity contribution in [3.05, 3.63) is 41.9 Å². The molecule has 0 aliphatic heterocycles. The summed E-state index contributed by atoms with van der Waals surface area (Å²) in [5.41, 5.74) is 2.07. The lowest BCUT2D eigenvalue weighted by atomic mass is 10.1. The van der Waals surface area contributed by atoms with E-state index >= 15 is 0 Å². The van der Waals surface area contributed by atoms with Crippen LogP contribution < -0.4 is 5.32 Å². The Bertz CT molecular complexity index is 547. The summed E-state index contributed by atoms with van der Waals surface area (Å²) < 4.78 is 1.96. The van der Waals surface area contributed by atoms with E-state index in [1.807, 2.05) is 22.9 Å². The second-order valence-electron chi connectivity index (χ2n) is 5.10. The standard InChI is InChI=1S/C15H18ClN3/c1-2-13(11-6-7-11)18-14-5-3-4-12(16)15(14)19-9-8-17-10-19/h3-5,8-11,13,18H,2,6-7H2,1H3. The maximum absolute atomic E-state index is 6.35. The van der Waals surface area contributed by atoms with Crippen molar-refractivity contribution in [2.24, 2.45) is 5.92 Å². The van der Waals surface area contributed by atoms with E-state index in [0.717, 1.165) is 28.7 Å². The molecule has 1 aromatic heterocycles. The summed E-state index contributed by atoms with van der Waals surface area (Å²) in [6.45, 7) is 2.23. The zero-order chi connectivity index (χ0) is 13.2. The highest BCUT2D eigenvalue weighted by atomic mass is 35.5. The average molecular weight is 276 g/mol. The van der Waals surface area contributed by atoms with Gasteiger partial charge in [-0.2, -0.15) is 0 Å². The second kappa shape index (κ2) is 5.25. The van der Waals surface area contributed by atoms with Crippen LogP contribution in [-0.2, 0) is 0 Å². The highest BCUT2D eigenvalue weighted by Crippen LogP contribution is 2.37. The fraction of sp³-hybridized carbons (Fsp3) is 0.400. The third-order valence-corrected chi connectivity index (χ3v) is 4.03. The van der Waals surface area contributed by atoms with E-state index < -0.39 is 0 Å².